The van der Waals surface area contributed by atoms with Gasteiger partial charge in [0.25, 0.3) is 0 Å². The molecule has 2 aromatic carbocycles. The standard InChI is InChI=1S/C23H27N3O4/c1-14(20-25-12-13-26(20)22(28)30-23(2,3)4)19(24)17-10-11-18(21(27)29-5)16-9-7-6-8-15(16)17/h6-14,19H,24H2,1-5H3. The molecule has 2 atom stereocenters. The maximum absolute atomic E-state index is 12.6. The Hall–Kier alpha value is -3.19. The van der Waals surface area contributed by atoms with Crippen molar-refractivity contribution in [1.82, 2.24) is 9.55 Å². The van der Waals surface area contributed by atoms with Crippen molar-refractivity contribution < 1.29 is 19.1 Å². The van der Waals surface area contributed by atoms with E-state index in [1.54, 1.807) is 18.5 Å². The van der Waals surface area contributed by atoms with E-state index in [1.165, 1.54) is 11.7 Å². The number of hydrogen-bond acceptors (Lipinski definition) is 6. The number of hydrogen-bond donors (Lipinski definition) is 1. The number of nitrogens with zero attached hydrogens (tertiary/aromatic N) is 2. The normalized spacial score (nSPS) is 13.7. The maximum atomic E-state index is 12.6. The molecular formula is C23H27N3O4. The molecule has 0 spiro atoms. The second-order valence-electron chi connectivity index (χ2n) is 8.19. The third-order valence-electron chi connectivity index (χ3n) is 4.93. The molecule has 0 bridgehead atoms. The maximum Gasteiger partial charge on any atom is 0.419 e. The van der Waals surface area contributed by atoms with Gasteiger partial charge in [-0.1, -0.05) is 37.3 Å². The van der Waals surface area contributed by atoms with Gasteiger partial charge in [-0.2, -0.15) is 0 Å². The Balaban J connectivity index is 2.00. The third-order valence-corrected chi connectivity index (χ3v) is 4.93. The SMILES string of the molecule is COC(=O)c1ccc(C(N)C(C)c2nccn2C(=O)OC(C)(C)C)c2ccccc12. The van der Waals surface area contributed by atoms with Crippen molar-refractivity contribution in [2.75, 3.05) is 7.11 Å². The first-order valence-corrected chi connectivity index (χ1v) is 9.76. The van der Waals surface area contributed by atoms with E-state index in [0.717, 1.165) is 16.3 Å². The van der Waals surface area contributed by atoms with E-state index in [0.29, 0.717) is 11.4 Å². The van der Waals surface area contributed by atoms with Gasteiger partial charge in [-0.15, -0.1) is 0 Å². The molecule has 0 aliphatic rings. The molecule has 0 radical (unpaired) electrons. The van der Waals surface area contributed by atoms with Crippen molar-refractivity contribution in [3.8, 4) is 0 Å². The average molecular weight is 409 g/mol. The van der Waals surface area contributed by atoms with Crippen molar-refractivity contribution in [3.05, 3.63) is 65.7 Å². The number of esters is 1. The van der Waals surface area contributed by atoms with Crippen molar-refractivity contribution in [2.24, 2.45) is 5.73 Å². The number of nitrogens with two attached hydrogens (primary N) is 1. The van der Waals surface area contributed by atoms with Crippen molar-refractivity contribution in [1.29, 1.82) is 0 Å². The molecule has 3 rings (SSSR count). The van der Waals surface area contributed by atoms with Gasteiger partial charge in [-0.3, -0.25) is 0 Å². The molecule has 0 saturated carbocycles. The zero-order valence-electron chi connectivity index (χ0n) is 17.9. The van der Waals surface area contributed by atoms with Crippen molar-refractivity contribution in [3.63, 3.8) is 0 Å². The Labute approximate surface area is 175 Å². The van der Waals surface area contributed by atoms with Crippen LogP contribution in [0.25, 0.3) is 10.8 Å². The van der Waals surface area contributed by atoms with Crippen LogP contribution in [-0.4, -0.2) is 34.3 Å². The molecule has 2 N–H and O–H groups in total. The first kappa shape index (κ1) is 21.5. The van der Waals surface area contributed by atoms with Gasteiger partial charge >= 0.3 is 12.1 Å². The zero-order valence-corrected chi connectivity index (χ0v) is 17.9. The average Bonchev–Trinajstić information content (AvgIpc) is 3.20. The van der Waals surface area contributed by atoms with Crippen LogP contribution in [0.5, 0.6) is 0 Å². The fraction of sp³-hybridized carbons (Fsp3) is 0.348. The minimum Gasteiger partial charge on any atom is -0.465 e. The number of carbonyl (C=O) groups excluding carboxylic acids is 2. The minimum atomic E-state index is -0.621. The van der Waals surface area contributed by atoms with Crippen LogP contribution >= 0.6 is 0 Å². The molecule has 0 aliphatic carbocycles. The molecule has 0 amide bonds. The van der Waals surface area contributed by atoms with Crippen LogP contribution in [0.1, 0.15) is 61.4 Å². The Kier molecular flexibility index (Phi) is 5.94. The van der Waals surface area contributed by atoms with E-state index in [-0.39, 0.29) is 5.92 Å². The van der Waals surface area contributed by atoms with E-state index in [2.05, 4.69) is 4.98 Å². The fourth-order valence-electron chi connectivity index (χ4n) is 3.45. The summed E-state index contributed by atoms with van der Waals surface area (Å²) in [4.78, 5) is 29.1. The molecule has 0 fully saturated rings. The zero-order chi connectivity index (χ0) is 22.1. The minimum absolute atomic E-state index is 0.292. The molecule has 0 saturated heterocycles. The number of imidazole rings is 1. The second kappa shape index (κ2) is 8.28. The van der Waals surface area contributed by atoms with Crippen LogP contribution in [0.3, 0.4) is 0 Å². The lowest BCUT2D eigenvalue weighted by atomic mass is 9.89. The van der Waals surface area contributed by atoms with E-state index in [4.69, 9.17) is 15.2 Å². The lowest BCUT2D eigenvalue weighted by molar-refractivity contribution is 0.0528. The predicted octanol–water partition coefficient (Wildman–Crippen LogP) is 4.41. The Bertz CT molecular complexity index is 1080. The van der Waals surface area contributed by atoms with Gasteiger partial charge < -0.3 is 15.2 Å². The number of benzene rings is 2. The molecule has 158 valence electrons. The van der Waals surface area contributed by atoms with Crippen molar-refractivity contribution in [2.45, 2.75) is 45.3 Å². The number of aromatic nitrogens is 2. The fourth-order valence-corrected chi connectivity index (χ4v) is 3.45. The first-order chi connectivity index (χ1) is 14.1. The monoisotopic (exact) mass is 409 g/mol. The van der Waals surface area contributed by atoms with E-state index in [1.807, 2.05) is 58.0 Å². The van der Waals surface area contributed by atoms with Gasteiger partial charge in [0.2, 0.25) is 0 Å². The summed E-state index contributed by atoms with van der Waals surface area (Å²) in [7, 11) is 1.36. The molecule has 2 unspecified atom stereocenters. The number of methoxy groups -OCH3 is 1. The number of ether oxygens (including phenoxy) is 2. The molecule has 7 nitrogen and oxygen atoms in total. The Morgan fingerprint density at radius 1 is 1.10 bits per heavy atom. The smallest absolute Gasteiger partial charge is 0.419 e. The van der Waals surface area contributed by atoms with E-state index in [9.17, 15) is 9.59 Å². The van der Waals surface area contributed by atoms with Crippen LogP contribution in [-0.2, 0) is 9.47 Å². The van der Waals surface area contributed by atoms with Gasteiger partial charge in [0, 0.05) is 24.4 Å². The van der Waals surface area contributed by atoms with Gasteiger partial charge in [0.15, 0.2) is 0 Å². The molecule has 1 heterocycles. The highest BCUT2D eigenvalue weighted by molar-refractivity contribution is 6.05. The van der Waals surface area contributed by atoms with Crippen LogP contribution in [0.2, 0.25) is 0 Å². The lowest BCUT2D eigenvalue weighted by Crippen LogP contribution is -2.29. The summed E-state index contributed by atoms with van der Waals surface area (Å²) < 4.78 is 11.8. The molecular weight excluding hydrogens is 382 g/mol. The summed E-state index contributed by atoms with van der Waals surface area (Å²) >= 11 is 0. The Morgan fingerprint density at radius 3 is 2.40 bits per heavy atom. The molecule has 7 heteroatoms. The topological polar surface area (TPSA) is 96.4 Å². The molecule has 0 aliphatic heterocycles. The highest BCUT2D eigenvalue weighted by Crippen LogP contribution is 2.34. The molecule has 30 heavy (non-hydrogen) atoms. The number of fused-ring (bicyclic) bond motifs is 1. The highest BCUT2D eigenvalue weighted by Gasteiger charge is 2.27. The predicted molar refractivity (Wildman–Crippen MR) is 114 cm³/mol. The highest BCUT2D eigenvalue weighted by atomic mass is 16.6. The number of carbonyl (C=O) groups is 2. The Morgan fingerprint density at radius 2 is 1.77 bits per heavy atom. The van der Waals surface area contributed by atoms with Crippen molar-refractivity contribution >= 4 is 22.8 Å². The summed E-state index contributed by atoms with van der Waals surface area (Å²) in [6.45, 7) is 7.35. The second-order valence-corrected chi connectivity index (χ2v) is 8.19. The van der Waals surface area contributed by atoms with Crippen LogP contribution in [0.15, 0.2) is 48.8 Å². The molecule has 1 aromatic heterocycles. The van der Waals surface area contributed by atoms with Gasteiger partial charge in [0.1, 0.15) is 11.4 Å². The summed E-state index contributed by atoms with van der Waals surface area (Å²) in [5, 5.41) is 1.62. The van der Waals surface area contributed by atoms with Crippen LogP contribution < -0.4 is 5.73 Å². The summed E-state index contributed by atoms with van der Waals surface area (Å²) in [6, 6.07) is 10.6. The quantitative estimate of drug-likeness (QED) is 0.641. The molecule has 3 aromatic rings. The van der Waals surface area contributed by atoms with Gasteiger partial charge in [-0.25, -0.2) is 19.1 Å². The van der Waals surface area contributed by atoms with Crippen LogP contribution in [0, 0.1) is 0 Å². The third kappa shape index (κ3) is 4.21. The lowest BCUT2D eigenvalue weighted by Gasteiger charge is -2.24. The first-order valence-electron chi connectivity index (χ1n) is 9.76. The van der Waals surface area contributed by atoms with Crippen LogP contribution in [0.4, 0.5) is 4.79 Å². The van der Waals surface area contributed by atoms with E-state index < -0.39 is 23.7 Å². The van der Waals surface area contributed by atoms with E-state index >= 15 is 0 Å². The largest absolute Gasteiger partial charge is 0.465 e. The number of rotatable bonds is 4. The summed E-state index contributed by atoms with van der Waals surface area (Å²) in [6.07, 6.45) is 2.63. The van der Waals surface area contributed by atoms with Gasteiger partial charge in [0.05, 0.1) is 12.7 Å². The van der Waals surface area contributed by atoms with Gasteiger partial charge in [-0.05, 0) is 43.2 Å². The summed E-state index contributed by atoms with van der Waals surface area (Å²) in [5.41, 5.74) is 7.34. The summed E-state index contributed by atoms with van der Waals surface area (Å²) in [5.74, 6) is -0.183.